The lowest BCUT2D eigenvalue weighted by atomic mass is 10.2. The molecule has 0 amide bonds. The molecule has 2 rings (SSSR count). The first-order valence-corrected chi connectivity index (χ1v) is 8.24. The summed E-state index contributed by atoms with van der Waals surface area (Å²) in [5.41, 5.74) is 4.13. The molecule has 0 saturated carbocycles. The van der Waals surface area contributed by atoms with Crippen LogP contribution in [0.25, 0.3) is 0 Å². The second kappa shape index (κ2) is 7.06. The normalized spacial score (nSPS) is 11.4. The van der Waals surface area contributed by atoms with Gasteiger partial charge in [0.25, 0.3) is 5.69 Å². The minimum absolute atomic E-state index is 0.00434. The van der Waals surface area contributed by atoms with Crippen LogP contribution in [0.15, 0.2) is 52.5 Å². The molecule has 0 radical (unpaired) electrons. The lowest BCUT2D eigenvalue weighted by molar-refractivity contribution is -0.383. The number of sulfonamides is 1. The first-order chi connectivity index (χ1) is 11.3. The van der Waals surface area contributed by atoms with Crippen molar-refractivity contribution < 1.29 is 13.3 Å². The number of hydrazone groups is 1. The first-order valence-electron chi connectivity index (χ1n) is 6.69. The molecule has 126 valence electrons. The fourth-order valence-electron chi connectivity index (χ4n) is 1.89. The van der Waals surface area contributed by atoms with Crippen LogP contribution in [-0.2, 0) is 10.0 Å². The van der Waals surface area contributed by atoms with Crippen molar-refractivity contribution in [1.29, 1.82) is 0 Å². The fourth-order valence-corrected chi connectivity index (χ4v) is 2.41. The number of anilines is 2. The summed E-state index contributed by atoms with van der Waals surface area (Å²) < 4.78 is 22.3. The van der Waals surface area contributed by atoms with Crippen molar-refractivity contribution in [1.82, 2.24) is 0 Å². The molecule has 2 aromatic rings. The molecule has 0 aliphatic carbocycles. The van der Waals surface area contributed by atoms with Crippen molar-refractivity contribution in [2.24, 2.45) is 10.2 Å². The molecule has 0 bridgehead atoms. The Balaban J connectivity index is 2.12. The average Bonchev–Trinajstić information content (AvgIpc) is 2.54. The Kier molecular flexibility index (Phi) is 5.11. The molecule has 0 aromatic heterocycles. The van der Waals surface area contributed by atoms with Gasteiger partial charge in [-0.1, -0.05) is 6.07 Å². The van der Waals surface area contributed by atoms with Gasteiger partial charge in [0.15, 0.2) is 0 Å². The van der Waals surface area contributed by atoms with E-state index >= 15 is 0 Å². The zero-order valence-corrected chi connectivity index (χ0v) is 13.4. The Hall–Kier alpha value is -2.98. The number of nitrogens with one attached hydrogen (secondary N) is 2. The van der Waals surface area contributed by atoms with Crippen LogP contribution in [0.4, 0.5) is 17.1 Å². The van der Waals surface area contributed by atoms with Crippen LogP contribution >= 0.6 is 0 Å². The van der Waals surface area contributed by atoms with E-state index in [-0.39, 0.29) is 10.6 Å². The number of nitro benzene ring substituents is 1. The maximum absolute atomic E-state index is 11.2. The topological polar surface area (TPSA) is 140 Å². The molecule has 0 unspecified atom stereocenters. The van der Waals surface area contributed by atoms with Crippen molar-refractivity contribution in [3.05, 3.63) is 58.1 Å². The lowest BCUT2D eigenvalue weighted by Crippen LogP contribution is -2.11. The molecular formula is C14H15N5O4S. The van der Waals surface area contributed by atoms with Crippen LogP contribution in [0.5, 0.6) is 0 Å². The summed E-state index contributed by atoms with van der Waals surface area (Å²) in [6, 6.07) is 10.3. The zero-order chi connectivity index (χ0) is 17.7. The van der Waals surface area contributed by atoms with E-state index in [9.17, 15) is 18.5 Å². The molecule has 4 N–H and O–H groups in total. The van der Waals surface area contributed by atoms with Gasteiger partial charge >= 0.3 is 0 Å². The minimum atomic E-state index is -3.74. The van der Waals surface area contributed by atoms with E-state index in [1.165, 1.54) is 36.5 Å². The highest BCUT2D eigenvalue weighted by Gasteiger charge is 2.12. The Bertz CT molecular complexity index is 879. The maximum atomic E-state index is 11.2. The number of hydrogen-bond acceptors (Lipinski definition) is 7. The van der Waals surface area contributed by atoms with Crippen molar-refractivity contribution in [2.75, 3.05) is 17.8 Å². The standard InChI is InChI=1S/C14H15N5O4S/c1-16-13-7-2-10(8-14(13)19(20)21)9-17-18-11-3-5-12(6-4-11)24(15,22)23/h2-9,16,18H,1H3,(H2,15,22,23)/b17-9+. The third kappa shape index (κ3) is 4.27. The third-order valence-electron chi connectivity index (χ3n) is 3.08. The van der Waals surface area contributed by atoms with Crippen LogP contribution in [0.2, 0.25) is 0 Å². The summed E-state index contributed by atoms with van der Waals surface area (Å²) in [6.45, 7) is 0. The first kappa shape index (κ1) is 17.4. The number of nitrogens with zero attached hydrogens (tertiary/aromatic N) is 2. The maximum Gasteiger partial charge on any atom is 0.292 e. The Morgan fingerprint density at radius 1 is 1.21 bits per heavy atom. The molecule has 0 spiro atoms. The van der Waals surface area contributed by atoms with Gasteiger partial charge in [0.1, 0.15) is 5.69 Å². The summed E-state index contributed by atoms with van der Waals surface area (Å²) in [6.07, 6.45) is 1.42. The van der Waals surface area contributed by atoms with Gasteiger partial charge in [-0.05, 0) is 30.3 Å². The highest BCUT2D eigenvalue weighted by atomic mass is 32.2. The fraction of sp³-hybridized carbons (Fsp3) is 0.0714. The predicted molar refractivity (Wildman–Crippen MR) is 91.7 cm³/mol. The Labute approximate surface area is 138 Å². The van der Waals surface area contributed by atoms with E-state index in [4.69, 9.17) is 5.14 Å². The summed E-state index contributed by atoms with van der Waals surface area (Å²) in [7, 11) is -2.14. The third-order valence-corrected chi connectivity index (χ3v) is 4.01. The molecule has 0 aliphatic heterocycles. The van der Waals surface area contributed by atoms with Gasteiger partial charge in [-0.25, -0.2) is 13.6 Å². The largest absolute Gasteiger partial charge is 0.383 e. The quantitative estimate of drug-likeness (QED) is 0.412. The molecule has 0 heterocycles. The highest BCUT2D eigenvalue weighted by Crippen LogP contribution is 2.24. The number of nitrogens with two attached hydrogens (primary N) is 1. The highest BCUT2D eigenvalue weighted by molar-refractivity contribution is 7.89. The molecule has 0 saturated heterocycles. The van der Waals surface area contributed by atoms with Crippen LogP contribution in [0.1, 0.15) is 5.56 Å². The molecule has 24 heavy (non-hydrogen) atoms. The number of hydrogen-bond donors (Lipinski definition) is 3. The molecule has 0 atom stereocenters. The van der Waals surface area contributed by atoms with Crippen LogP contribution in [0.3, 0.4) is 0 Å². The number of benzene rings is 2. The molecular weight excluding hydrogens is 334 g/mol. The second-order valence-corrected chi connectivity index (χ2v) is 6.28. The van der Waals surface area contributed by atoms with Crippen molar-refractivity contribution in [3.63, 3.8) is 0 Å². The second-order valence-electron chi connectivity index (χ2n) is 4.72. The van der Waals surface area contributed by atoms with Crippen molar-refractivity contribution in [2.45, 2.75) is 4.90 Å². The molecule has 9 nitrogen and oxygen atoms in total. The van der Waals surface area contributed by atoms with E-state index in [1.807, 2.05) is 0 Å². The monoisotopic (exact) mass is 349 g/mol. The zero-order valence-electron chi connectivity index (χ0n) is 12.6. The summed E-state index contributed by atoms with van der Waals surface area (Å²) >= 11 is 0. The number of nitro groups is 1. The van der Waals surface area contributed by atoms with E-state index in [0.717, 1.165) is 0 Å². The Morgan fingerprint density at radius 3 is 2.42 bits per heavy atom. The van der Waals surface area contributed by atoms with Gasteiger partial charge in [0.2, 0.25) is 10.0 Å². The van der Waals surface area contributed by atoms with Gasteiger partial charge in [0.05, 0.1) is 21.7 Å². The van der Waals surface area contributed by atoms with Gasteiger partial charge < -0.3 is 5.32 Å². The van der Waals surface area contributed by atoms with Gasteiger partial charge in [-0.3, -0.25) is 15.5 Å². The van der Waals surface area contributed by atoms with E-state index in [1.54, 1.807) is 19.2 Å². The lowest BCUT2D eigenvalue weighted by Gasteiger charge is -2.03. The minimum Gasteiger partial charge on any atom is -0.383 e. The molecule has 2 aromatic carbocycles. The SMILES string of the molecule is CNc1ccc(/C=N/Nc2ccc(S(N)(=O)=O)cc2)cc1[N+](=O)[O-]. The smallest absolute Gasteiger partial charge is 0.292 e. The molecule has 0 aliphatic rings. The van der Waals surface area contributed by atoms with Gasteiger partial charge in [-0.15, -0.1) is 0 Å². The summed E-state index contributed by atoms with van der Waals surface area (Å²) in [5.74, 6) is 0. The van der Waals surface area contributed by atoms with E-state index in [0.29, 0.717) is 16.9 Å². The summed E-state index contributed by atoms with van der Waals surface area (Å²) in [4.78, 5) is 10.5. The van der Waals surface area contributed by atoms with Crippen molar-refractivity contribution in [3.8, 4) is 0 Å². The van der Waals surface area contributed by atoms with Crippen LogP contribution in [0, 0.1) is 10.1 Å². The van der Waals surface area contributed by atoms with Crippen molar-refractivity contribution >= 4 is 33.3 Å². The molecule has 0 fully saturated rings. The Morgan fingerprint density at radius 2 is 1.88 bits per heavy atom. The van der Waals surface area contributed by atoms with Crippen LogP contribution < -0.4 is 15.9 Å². The number of rotatable bonds is 6. The predicted octanol–water partition coefficient (Wildman–Crippen LogP) is 1.73. The van der Waals surface area contributed by atoms with E-state index < -0.39 is 14.9 Å². The van der Waals surface area contributed by atoms with Gasteiger partial charge in [-0.2, -0.15) is 5.10 Å². The van der Waals surface area contributed by atoms with E-state index in [2.05, 4.69) is 15.8 Å². The summed E-state index contributed by atoms with van der Waals surface area (Å²) in [5, 5.41) is 22.7. The molecule has 10 heteroatoms. The van der Waals surface area contributed by atoms with Crippen LogP contribution in [-0.4, -0.2) is 26.6 Å². The number of primary sulfonamides is 1. The van der Waals surface area contributed by atoms with Gasteiger partial charge in [0, 0.05) is 18.7 Å². The average molecular weight is 349 g/mol.